The van der Waals surface area contributed by atoms with Gasteiger partial charge in [-0.15, -0.1) is 0 Å². The lowest BCUT2D eigenvalue weighted by Crippen LogP contribution is -2.41. The summed E-state index contributed by atoms with van der Waals surface area (Å²) in [5.74, 6) is -0.252. The van der Waals surface area contributed by atoms with Crippen LogP contribution in [0.25, 0.3) is 0 Å². The topological polar surface area (TPSA) is 134 Å². The summed E-state index contributed by atoms with van der Waals surface area (Å²) in [7, 11) is -7.84. The third-order valence-corrected chi connectivity index (χ3v) is 9.41. The van der Waals surface area contributed by atoms with Crippen molar-refractivity contribution < 1.29 is 16.8 Å². The summed E-state index contributed by atoms with van der Waals surface area (Å²) in [4.78, 5) is 4.42. The van der Waals surface area contributed by atoms with Crippen LogP contribution in [0.3, 0.4) is 0 Å². The molecule has 0 spiro atoms. The van der Waals surface area contributed by atoms with Crippen molar-refractivity contribution in [3.8, 4) is 0 Å². The van der Waals surface area contributed by atoms with Crippen LogP contribution in [0.2, 0.25) is 10.0 Å². The Balaban J connectivity index is 1.72. The lowest BCUT2D eigenvalue weighted by Gasteiger charge is -2.20. The lowest BCUT2D eigenvalue weighted by molar-refractivity contribution is 0.460. The van der Waals surface area contributed by atoms with E-state index in [1.807, 2.05) is 42.5 Å². The van der Waals surface area contributed by atoms with Crippen molar-refractivity contribution in [3.05, 3.63) is 100 Å². The number of aliphatic imine (C=N–C) groups is 1. The standard InChI is InChI=1S/C26H27Cl2N5O4S2/c1-18(38(29,34)35)15-16-30-26(32-39(36,37)23-13-11-22(28)12-14-23)33-17-24(19-5-3-2-4-6-19)25(31-33)20-7-9-21(27)10-8-20/h2-14,18,24H,15-17H2,1H3,(H,30,32)(H2,29,34,35)/t18-,24-/m1/s1. The first-order valence-electron chi connectivity index (χ1n) is 12.0. The summed E-state index contributed by atoms with van der Waals surface area (Å²) in [6.45, 7) is 1.75. The highest BCUT2D eigenvalue weighted by Gasteiger charge is 2.33. The van der Waals surface area contributed by atoms with Gasteiger partial charge >= 0.3 is 0 Å². The van der Waals surface area contributed by atoms with Gasteiger partial charge in [0.05, 0.1) is 22.4 Å². The van der Waals surface area contributed by atoms with Crippen molar-refractivity contribution in [2.75, 3.05) is 13.1 Å². The van der Waals surface area contributed by atoms with Gasteiger partial charge in [-0.2, -0.15) is 5.10 Å². The predicted octanol–water partition coefficient (Wildman–Crippen LogP) is 4.20. The van der Waals surface area contributed by atoms with E-state index in [0.29, 0.717) is 15.8 Å². The molecule has 0 amide bonds. The van der Waals surface area contributed by atoms with E-state index in [0.717, 1.165) is 11.1 Å². The van der Waals surface area contributed by atoms with Crippen LogP contribution in [0.5, 0.6) is 0 Å². The molecule has 0 saturated carbocycles. The van der Waals surface area contributed by atoms with E-state index in [1.54, 1.807) is 12.1 Å². The van der Waals surface area contributed by atoms with Crippen LogP contribution in [-0.2, 0) is 20.0 Å². The fourth-order valence-electron chi connectivity index (χ4n) is 3.94. The van der Waals surface area contributed by atoms with Crippen molar-refractivity contribution in [2.45, 2.75) is 29.4 Å². The van der Waals surface area contributed by atoms with Gasteiger partial charge in [-0.25, -0.2) is 31.7 Å². The first-order chi connectivity index (χ1) is 18.4. The number of hydrazone groups is 1. The molecule has 1 aliphatic heterocycles. The number of nitrogens with one attached hydrogen (secondary N) is 1. The molecule has 0 saturated heterocycles. The van der Waals surface area contributed by atoms with Gasteiger partial charge in [0.15, 0.2) is 0 Å². The summed E-state index contributed by atoms with van der Waals surface area (Å²) in [6.07, 6.45) is 0.0920. The average Bonchev–Trinajstić information content (AvgIpc) is 3.34. The Bertz CT molecular complexity index is 1580. The number of sulfonamides is 2. The number of benzene rings is 3. The molecule has 3 aromatic carbocycles. The molecule has 3 aromatic rings. The summed E-state index contributed by atoms with van der Waals surface area (Å²) in [5, 5.41) is 11.6. The molecular weight excluding hydrogens is 581 g/mol. The van der Waals surface area contributed by atoms with Crippen LogP contribution < -0.4 is 9.86 Å². The second kappa shape index (κ2) is 12.1. The van der Waals surface area contributed by atoms with Crippen LogP contribution in [0.1, 0.15) is 30.4 Å². The van der Waals surface area contributed by atoms with Gasteiger partial charge in [0.25, 0.3) is 10.0 Å². The summed E-state index contributed by atoms with van der Waals surface area (Å²) in [6, 6.07) is 22.6. The van der Waals surface area contributed by atoms with Crippen molar-refractivity contribution >= 4 is 54.9 Å². The molecule has 1 aliphatic rings. The van der Waals surface area contributed by atoms with E-state index in [4.69, 9.17) is 33.4 Å². The minimum absolute atomic E-state index is 0.00559. The van der Waals surface area contributed by atoms with Gasteiger partial charge in [-0.3, -0.25) is 4.99 Å². The summed E-state index contributed by atoms with van der Waals surface area (Å²) in [5.41, 5.74) is 2.50. The van der Waals surface area contributed by atoms with Crippen molar-refractivity contribution in [2.24, 2.45) is 15.2 Å². The molecule has 3 N–H and O–H groups in total. The van der Waals surface area contributed by atoms with E-state index < -0.39 is 25.3 Å². The second-order valence-electron chi connectivity index (χ2n) is 8.99. The van der Waals surface area contributed by atoms with E-state index in [9.17, 15) is 16.8 Å². The van der Waals surface area contributed by atoms with Crippen LogP contribution in [0, 0.1) is 0 Å². The molecule has 4 rings (SSSR count). The molecule has 13 heteroatoms. The van der Waals surface area contributed by atoms with Crippen molar-refractivity contribution in [1.29, 1.82) is 0 Å². The molecule has 0 aromatic heterocycles. The third kappa shape index (κ3) is 7.37. The lowest BCUT2D eigenvalue weighted by atomic mass is 9.91. The van der Waals surface area contributed by atoms with Gasteiger partial charge in [0.1, 0.15) is 0 Å². The van der Waals surface area contributed by atoms with Crippen molar-refractivity contribution in [3.63, 3.8) is 0 Å². The van der Waals surface area contributed by atoms with Crippen LogP contribution in [0.15, 0.2) is 93.9 Å². The zero-order chi connectivity index (χ0) is 28.2. The van der Waals surface area contributed by atoms with Gasteiger partial charge < -0.3 is 0 Å². The Labute approximate surface area is 238 Å². The molecule has 0 fully saturated rings. The second-order valence-corrected chi connectivity index (χ2v) is 13.5. The Morgan fingerprint density at radius 2 is 1.59 bits per heavy atom. The molecule has 39 heavy (non-hydrogen) atoms. The largest absolute Gasteiger partial charge is 0.264 e. The number of hydrogen-bond acceptors (Lipinski definition) is 6. The molecule has 0 radical (unpaired) electrons. The number of halogens is 2. The smallest absolute Gasteiger partial charge is 0.251 e. The third-order valence-electron chi connectivity index (χ3n) is 6.21. The van der Waals surface area contributed by atoms with E-state index in [2.05, 4.69) is 9.71 Å². The minimum Gasteiger partial charge on any atom is -0.251 e. The molecule has 0 unspecified atom stereocenters. The number of rotatable bonds is 8. The number of guanidine groups is 1. The van der Waals surface area contributed by atoms with E-state index in [1.165, 1.54) is 36.2 Å². The highest BCUT2D eigenvalue weighted by atomic mass is 35.5. The van der Waals surface area contributed by atoms with Gasteiger partial charge in [-0.1, -0.05) is 65.7 Å². The molecule has 206 valence electrons. The molecule has 0 bridgehead atoms. The fourth-order valence-corrected chi connectivity index (χ4v) is 5.65. The molecule has 0 aliphatic carbocycles. The Morgan fingerprint density at radius 1 is 1.00 bits per heavy atom. The van der Waals surface area contributed by atoms with Crippen molar-refractivity contribution in [1.82, 2.24) is 9.73 Å². The molecular formula is C26H27Cl2N5O4S2. The summed E-state index contributed by atoms with van der Waals surface area (Å²) < 4.78 is 52.5. The van der Waals surface area contributed by atoms with Gasteiger partial charge in [0.2, 0.25) is 16.0 Å². The number of hydrogen-bond donors (Lipinski definition) is 2. The first kappa shape index (κ1) is 29.0. The predicted molar refractivity (Wildman–Crippen MR) is 155 cm³/mol. The van der Waals surface area contributed by atoms with Gasteiger partial charge in [-0.05, 0) is 60.9 Å². The quantitative estimate of drug-likeness (QED) is 0.292. The number of nitrogens with two attached hydrogens (primary N) is 1. The summed E-state index contributed by atoms with van der Waals surface area (Å²) >= 11 is 12.0. The van der Waals surface area contributed by atoms with Gasteiger partial charge in [0, 0.05) is 22.5 Å². The Hall–Kier alpha value is -2.96. The molecule has 9 nitrogen and oxygen atoms in total. The maximum Gasteiger partial charge on any atom is 0.264 e. The van der Waals surface area contributed by atoms with Crippen LogP contribution in [0.4, 0.5) is 0 Å². The maximum absolute atomic E-state index is 13.3. The maximum atomic E-state index is 13.3. The van der Waals surface area contributed by atoms with Crippen LogP contribution in [-0.4, -0.2) is 51.9 Å². The Kier molecular flexibility index (Phi) is 8.97. The monoisotopic (exact) mass is 607 g/mol. The zero-order valence-electron chi connectivity index (χ0n) is 20.9. The number of nitrogens with zero attached hydrogens (tertiary/aromatic N) is 3. The molecule has 1 heterocycles. The first-order valence-corrected chi connectivity index (χ1v) is 15.8. The highest BCUT2D eigenvalue weighted by molar-refractivity contribution is 7.90. The van der Waals surface area contributed by atoms with E-state index >= 15 is 0 Å². The molecule has 2 atom stereocenters. The SMILES string of the molecule is C[C@H](CCN=C(NS(=O)(=O)c1ccc(Cl)cc1)N1C[C@H](c2ccccc2)C(c2ccc(Cl)cc2)=N1)S(N)(=O)=O. The minimum atomic E-state index is -4.07. The normalized spacial score (nSPS) is 17.1. The van der Waals surface area contributed by atoms with E-state index in [-0.39, 0.29) is 36.3 Å². The average molecular weight is 609 g/mol. The highest BCUT2D eigenvalue weighted by Crippen LogP contribution is 2.29. The Morgan fingerprint density at radius 3 is 2.18 bits per heavy atom. The fraction of sp³-hybridized carbons (Fsp3) is 0.231. The number of primary sulfonamides is 1. The van der Waals surface area contributed by atoms with Crippen LogP contribution >= 0.6 is 23.2 Å². The zero-order valence-corrected chi connectivity index (χ0v) is 24.1.